The van der Waals surface area contributed by atoms with E-state index in [0.717, 1.165) is 18.7 Å². The van der Waals surface area contributed by atoms with Crippen LogP contribution in [0.25, 0.3) is 0 Å². The van der Waals surface area contributed by atoms with Gasteiger partial charge in [-0.3, -0.25) is 4.79 Å². The van der Waals surface area contributed by atoms with Crippen molar-refractivity contribution in [2.24, 2.45) is 5.10 Å². The van der Waals surface area contributed by atoms with Crippen molar-refractivity contribution >= 4 is 17.8 Å². The molecule has 0 saturated carbocycles. The first-order valence-electron chi connectivity index (χ1n) is 9.85. The molecule has 0 aliphatic carbocycles. The van der Waals surface area contributed by atoms with Gasteiger partial charge < -0.3 is 14.7 Å². The highest BCUT2D eigenvalue weighted by Gasteiger charge is 2.20. The van der Waals surface area contributed by atoms with Gasteiger partial charge >= 0.3 is 0 Å². The fraction of sp³-hybridized carbons (Fsp3) is 0.167. The van der Waals surface area contributed by atoms with E-state index in [0.29, 0.717) is 23.5 Å². The number of anilines is 1. The number of para-hydroxylation sites is 1. The van der Waals surface area contributed by atoms with E-state index in [9.17, 15) is 9.90 Å². The number of hydrogen-bond donors (Lipinski definition) is 2. The van der Waals surface area contributed by atoms with Crippen LogP contribution in [0.3, 0.4) is 0 Å². The molecule has 0 spiro atoms. The standard InChI is InChI=1S/C24H23N3O3/c1-2-30-23-12-17(8-11-22(23)28)14-25-26-24(29)18-9-10-19-15-27(16-20(19)13-18)21-6-4-3-5-7-21/h3-14,28H,2,15-16H2,1H3,(H,26,29)/b25-14+. The van der Waals surface area contributed by atoms with Gasteiger partial charge in [-0.2, -0.15) is 5.10 Å². The van der Waals surface area contributed by atoms with Gasteiger partial charge in [0.25, 0.3) is 5.91 Å². The van der Waals surface area contributed by atoms with E-state index < -0.39 is 0 Å². The van der Waals surface area contributed by atoms with Crippen LogP contribution in [0.4, 0.5) is 5.69 Å². The molecule has 4 rings (SSSR count). The predicted molar refractivity (Wildman–Crippen MR) is 117 cm³/mol. The Morgan fingerprint density at radius 1 is 1.10 bits per heavy atom. The van der Waals surface area contributed by atoms with Crippen LogP contribution < -0.4 is 15.1 Å². The molecule has 2 N–H and O–H groups in total. The van der Waals surface area contributed by atoms with E-state index >= 15 is 0 Å². The molecule has 30 heavy (non-hydrogen) atoms. The van der Waals surface area contributed by atoms with Crippen molar-refractivity contribution in [1.29, 1.82) is 0 Å². The molecule has 3 aromatic rings. The number of hydrazone groups is 1. The zero-order chi connectivity index (χ0) is 20.9. The third-order valence-corrected chi connectivity index (χ3v) is 4.98. The molecule has 3 aromatic carbocycles. The molecule has 0 fully saturated rings. The number of ether oxygens (including phenoxy) is 1. The van der Waals surface area contributed by atoms with Gasteiger partial charge in [-0.05, 0) is 66.1 Å². The molecule has 0 unspecified atom stereocenters. The van der Waals surface area contributed by atoms with Crippen LogP contribution in [0.1, 0.15) is 34.0 Å². The quantitative estimate of drug-likeness (QED) is 0.482. The summed E-state index contributed by atoms with van der Waals surface area (Å²) in [5.74, 6) is 0.186. The van der Waals surface area contributed by atoms with Gasteiger partial charge in [-0.15, -0.1) is 0 Å². The Labute approximate surface area is 175 Å². The SMILES string of the molecule is CCOc1cc(/C=N/NC(=O)c2ccc3c(c2)CN(c2ccccc2)C3)ccc1O. The number of hydrogen-bond acceptors (Lipinski definition) is 5. The van der Waals surface area contributed by atoms with Gasteiger partial charge in [-0.1, -0.05) is 24.3 Å². The maximum Gasteiger partial charge on any atom is 0.271 e. The summed E-state index contributed by atoms with van der Waals surface area (Å²) in [7, 11) is 0. The maximum absolute atomic E-state index is 12.5. The van der Waals surface area contributed by atoms with Crippen molar-refractivity contribution < 1.29 is 14.6 Å². The number of fused-ring (bicyclic) bond motifs is 1. The van der Waals surface area contributed by atoms with E-state index in [4.69, 9.17) is 4.74 Å². The fourth-order valence-corrected chi connectivity index (χ4v) is 3.47. The second kappa shape index (κ2) is 8.69. The normalized spacial score (nSPS) is 12.8. The lowest BCUT2D eigenvalue weighted by molar-refractivity contribution is 0.0955. The smallest absolute Gasteiger partial charge is 0.271 e. The highest BCUT2D eigenvalue weighted by Crippen LogP contribution is 2.29. The first-order valence-corrected chi connectivity index (χ1v) is 9.85. The van der Waals surface area contributed by atoms with Gasteiger partial charge in [-0.25, -0.2) is 5.43 Å². The highest BCUT2D eigenvalue weighted by molar-refractivity contribution is 5.95. The van der Waals surface area contributed by atoms with Gasteiger partial charge in [0, 0.05) is 24.3 Å². The van der Waals surface area contributed by atoms with E-state index in [1.807, 2.05) is 43.3 Å². The molecule has 6 nitrogen and oxygen atoms in total. The van der Waals surface area contributed by atoms with Gasteiger partial charge in [0.2, 0.25) is 0 Å². The van der Waals surface area contributed by atoms with Crippen molar-refractivity contribution in [1.82, 2.24) is 5.43 Å². The fourth-order valence-electron chi connectivity index (χ4n) is 3.47. The number of nitrogens with one attached hydrogen (secondary N) is 1. The minimum absolute atomic E-state index is 0.0701. The van der Waals surface area contributed by atoms with Crippen LogP contribution in [0.15, 0.2) is 71.8 Å². The molecule has 152 valence electrons. The third-order valence-electron chi connectivity index (χ3n) is 4.98. The number of carbonyl (C=O) groups is 1. The zero-order valence-electron chi connectivity index (χ0n) is 16.7. The minimum Gasteiger partial charge on any atom is -0.504 e. The molecule has 0 aromatic heterocycles. The zero-order valence-corrected chi connectivity index (χ0v) is 16.7. The van der Waals surface area contributed by atoms with Crippen LogP contribution in [0.5, 0.6) is 11.5 Å². The number of benzene rings is 3. The van der Waals surface area contributed by atoms with Crippen LogP contribution >= 0.6 is 0 Å². The highest BCUT2D eigenvalue weighted by atomic mass is 16.5. The number of phenolic OH excluding ortho intramolecular Hbond substituents is 1. The number of amides is 1. The van der Waals surface area contributed by atoms with Crippen LogP contribution in [-0.2, 0) is 13.1 Å². The van der Waals surface area contributed by atoms with E-state index in [2.05, 4.69) is 27.6 Å². The molecule has 1 heterocycles. The summed E-state index contributed by atoms with van der Waals surface area (Å²) in [4.78, 5) is 14.8. The molecule has 0 bridgehead atoms. The second-order valence-electron chi connectivity index (χ2n) is 7.03. The molecule has 1 aliphatic heterocycles. The number of nitrogens with zero attached hydrogens (tertiary/aromatic N) is 2. The lowest BCUT2D eigenvalue weighted by Crippen LogP contribution is -2.18. The lowest BCUT2D eigenvalue weighted by Gasteiger charge is -2.17. The predicted octanol–water partition coefficient (Wildman–Crippen LogP) is 4.08. The Morgan fingerprint density at radius 2 is 1.90 bits per heavy atom. The summed E-state index contributed by atoms with van der Waals surface area (Å²) in [5.41, 5.74) is 7.39. The molecule has 0 saturated heterocycles. The summed E-state index contributed by atoms with van der Waals surface area (Å²) in [6.07, 6.45) is 1.52. The Hall–Kier alpha value is -3.80. The largest absolute Gasteiger partial charge is 0.504 e. The number of rotatable bonds is 6. The minimum atomic E-state index is -0.268. The summed E-state index contributed by atoms with van der Waals surface area (Å²) >= 11 is 0. The molecule has 1 aliphatic rings. The van der Waals surface area contributed by atoms with Crippen LogP contribution in [-0.4, -0.2) is 23.8 Å². The first kappa shape index (κ1) is 19.5. The second-order valence-corrected chi connectivity index (χ2v) is 7.03. The van der Waals surface area contributed by atoms with Crippen LogP contribution in [0.2, 0.25) is 0 Å². The molecule has 0 radical (unpaired) electrons. The van der Waals surface area contributed by atoms with Crippen molar-refractivity contribution in [3.63, 3.8) is 0 Å². The van der Waals surface area contributed by atoms with E-state index in [1.54, 1.807) is 12.1 Å². The summed E-state index contributed by atoms with van der Waals surface area (Å²) in [5, 5.41) is 13.8. The van der Waals surface area contributed by atoms with Crippen molar-refractivity contribution in [3.05, 3.63) is 89.0 Å². The Kier molecular flexibility index (Phi) is 5.66. The molecular formula is C24H23N3O3. The number of carbonyl (C=O) groups excluding carboxylic acids is 1. The Balaban J connectivity index is 1.41. The van der Waals surface area contributed by atoms with Crippen molar-refractivity contribution in [2.75, 3.05) is 11.5 Å². The van der Waals surface area contributed by atoms with E-state index in [-0.39, 0.29) is 11.7 Å². The first-order chi connectivity index (χ1) is 14.6. The number of aromatic hydroxyl groups is 1. The number of phenols is 1. The molecule has 1 amide bonds. The molecular weight excluding hydrogens is 378 g/mol. The average Bonchev–Trinajstić information content (AvgIpc) is 3.20. The summed E-state index contributed by atoms with van der Waals surface area (Å²) in [6, 6.07) is 20.9. The lowest BCUT2D eigenvalue weighted by atomic mass is 10.1. The van der Waals surface area contributed by atoms with Crippen LogP contribution in [0, 0.1) is 0 Å². The van der Waals surface area contributed by atoms with Crippen molar-refractivity contribution in [2.45, 2.75) is 20.0 Å². The van der Waals surface area contributed by atoms with E-state index in [1.165, 1.54) is 23.5 Å². The third kappa shape index (κ3) is 4.27. The van der Waals surface area contributed by atoms with Crippen molar-refractivity contribution in [3.8, 4) is 11.5 Å². The topological polar surface area (TPSA) is 74.2 Å². The Morgan fingerprint density at radius 3 is 2.70 bits per heavy atom. The Bertz CT molecular complexity index is 1080. The maximum atomic E-state index is 12.5. The molecule has 6 heteroatoms. The van der Waals surface area contributed by atoms with Gasteiger partial charge in [0.1, 0.15) is 0 Å². The van der Waals surface area contributed by atoms with Gasteiger partial charge in [0.15, 0.2) is 11.5 Å². The summed E-state index contributed by atoms with van der Waals surface area (Å²) < 4.78 is 5.35. The van der Waals surface area contributed by atoms with Gasteiger partial charge in [0.05, 0.1) is 12.8 Å². The average molecular weight is 401 g/mol. The monoisotopic (exact) mass is 401 g/mol. The summed E-state index contributed by atoms with van der Waals surface area (Å²) in [6.45, 7) is 3.90. The molecule has 0 atom stereocenters.